The summed E-state index contributed by atoms with van der Waals surface area (Å²) >= 11 is 0. The van der Waals surface area contributed by atoms with Crippen molar-refractivity contribution in [2.75, 3.05) is 26.4 Å². The molecule has 1 rings (SSSR count). The van der Waals surface area contributed by atoms with Crippen molar-refractivity contribution in [2.45, 2.75) is 105 Å². The molecule has 0 aromatic rings. The van der Waals surface area contributed by atoms with Gasteiger partial charge in [-0.25, -0.2) is 0 Å². The molecular weight excluding hydrogens is 380 g/mol. The second kappa shape index (κ2) is 13.3. The molecule has 0 amide bonds. The lowest BCUT2D eigenvalue weighted by Crippen LogP contribution is -2.58. The molecule has 168 valence electrons. The van der Waals surface area contributed by atoms with E-state index in [9.17, 15) is 0 Å². The fourth-order valence-corrected chi connectivity index (χ4v) is 5.62. The van der Waals surface area contributed by atoms with Crippen LogP contribution < -0.4 is 0 Å². The summed E-state index contributed by atoms with van der Waals surface area (Å²) in [6.45, 7) is 16.4. The molecule has 1 fully saturated rings. The van der Waals surface area contributed by atoms with E-state index < -0.39 is 21.1 Å². The highest BCUT2D eigenvalue weighted by molar-refractivity contribution is 6.62. The Bertz CT molecular complexity index is 390. The van der Waals surface area contributed by atoms with Crippen LogP contribution in [0.25, 0.3) is 0 Å². The molecule has 7 nitrogen and oxygen atoms in total. The van der Waals surface area contributed by atoms with Gasteiger partial charge in [0.1, 0.15) is 5.73 Å². The Morgan fingerprint density at radius 2 is 1.50 bits per heavy atom. The number of hydrogen-bond donors (Lipinski definition) is 0. The minimum absolute atomic E-state index is 0.00277. The first-order valence-electron chi connectivity index (χ1n) is 11.0. The van der Waals surface area contributed by atoms with E-state index >= 15 is 0 Å². The van der Waals surface area contributed by atoms with Crippen molar-refractivity contribution in [2.24, 2.45) is 0 Å². The van der Waals surface area contributed by atoms with Crippen LogP contribution in [-0.4, -0.2) is 59.3 Å². The number of hydrogen-bond acceptors (Lipinski definition) is 7. The van der Waals surface area contributed by atoms with Gasteiger partial charge >= 0.3 is 8.80 Å². The van der Waals surface area contributed by atoms with E-state index in [-0.39, 0.29) is 11.8 Å². The zero-order valence-corrected chi connectivity index (χ0v) is 20.0. The van der Waals surface area contributed by atoms with Crippen LogP contribution in [0.4, 0.5) is 0 Å². The molecule has 1 heterocycles. The van der Waals surface area contributed by atoms with Crippen molar-refractivity contribution in [1.29, 1.82) is 0 Å². The summed E-state index contributed by atoms with van der Waals surface area (Å²) in [5.74, 6) is -1.05. The van der Waals surface area contributed by atoms with E-state index in [0.29, 0.717) is 39.3 Å². The second-order valence-electron chi connectivity index (χ2n) is 7.16. The average Bonchev–Trinajstić information content (AvgIpc) is 3.08. The van der Waals surface area contributed by atoms with E-state index in [1.54, 1.807) is 0 Å². The third kappa shape index (κ3) is 7.64. The van der Waals surface area contributed by atoms with Gasteiger partial charge in [-0.15, -0.1) is 0 Å². The maximum atomic E-state index is 6.28. The summed E-state index contributed by atoms with van der Waals surface area (Å²) < 4.78 is 42.6. The van der Waals surface area contributed by atoms with Crippen molar-refractivity contribution < 1.29 is 32.2 Å². The fraction of sp³-hybridized carbons (Fsp3) is 1.00. The molecule has 4 atom stereocenters. The van der Waals surface area contributed by atoms with Gasteiger partial charge < -0.3 is 27.5 Å². The minimum Gasteiger partial charge on any atom is -0.372 e. The smallest absolute Gasteiger partial charge is 0.372 e. The van der Waals surface area contributed by atoms with Gasteiger partial charge in [0.05, 0.1) is 12.7 Å². The highest BCUT2D eigenvalue weighted by Gasteiger charge is 2.50. The highest BCUT2D eigenvalue weighted by atomic mass is 28.4. The molecule has 8 heteroatoms. The lowest BCUT2D eigenvalue weighted by molar-refractivity contribution is -0.388. The molecule has 0 bridgehead atoms. The predicted octanol–water partition coefficient (Wildman–Crippen LogP) is 4.40. The van der Waals surface area contributed by atoms with E-state index in [2.05, 4.69) is 20.8 Å². The Hall–Kier alpha value is -0.0631. The molecule has 0 aromatic carbocycles. The van der Waals surface area contributed by atoms with Gasteiger partial charge in [-0.1, -0.05) is 34.6 Å². The SMILES string of the molecule is CCCO[Si](OCCC)(OCCC)C(C)OC(CC)OC1(CC)OCC(C)O1. The summed E-state index contributed by atoms with van der Waals surface area (Å²) in [7, 11) is -3.03. The highest BCUT2D eigenvalue weighted by Crippen LogP contribution is 2.31. The normalized spacial score (nSPS) is 25.2. The molecule has 0 aliphatic carbocycles. The van der Waals surface area contributed by atoms with Crippen LogP contribution in [-0.2, 0) is 32.2 Å². The van der Waals surface area contributed by atoms with Crippen LogP contribution in [0.15, 0.2) is 0 Å². The Labute approximate surface area is 172 Å². The van der Waals surface area contributed by atoms with Crippen LogP contribution in [0.5, 0.6) is 0 Å². The van der Waals surface area contributed by atoms with Gasteiger partial charge in [0, 0.05) is 26.2 Å². The third-order valence-electron chi connectivity index (χ3n) is 4.37. The lowest BCUT2D eigenvalue weighted by Gasteiger charge is -2.37. The van der Waals surface area contributed by atoms with E-state index in [1.807, 2.05) is 27.7 Å². The molecule has 0 radical (unpaired) electrons. The second-order valence-corrected chi connectivity index (χ2v) is 10.0. The van der Waals surface area contributed by atoms with Gasteiger partial charge in [-0.3, -0.25) is 4.74 Å². The summed E-state index contributed by atoms with van der Waals surface area (Å²) in [5, 5.41) is 0. The van der Waals surface area contributed by atoms with Crippen LogP contribution in [0, 0.1) is 0 Å². The Balaban J connectivity index is 2.89. The van der Waals surface area contributed by atoms with Crippen molar-refractivity contribution in [3.8, 4) is 0 Å². The van der Waals surface area contributed by atoms with Crippen molar-refractivity contribution in [1.82, 2.24) is 0 Å². The molecule has 0 spiro atoms. The van der Waals surface area contributed by atoms with Crippen LogP contribution in [0.3, 0.4) is 0 Å². The van der Waals surface area contributed by atoms with Crippen molar-refractivity contribution in [3.05, 3.63) is 0 Å². The Kier molecular flexibility index (Phi) is 12.3. The molecule has 1 saturated heterocycles. The summed E-state index contributed by atoms with van der Waals surface area (Å²) in [5.41, 5.74) is -0.366. The predicted molar refractivity (Wildman–Crippen MR) is 110 cm³/mol. The van der Waals surface area contributed by atoms with Gasteiger partial charge in [0.2, 0.25) is 0 Å². The molecule has 0 saturated carbocycles. The van der Waals surface area contributed by atoms with Gasteiger partial charge in [-0.2, -0.15) is 0 Å². The molecule has 1 aliphatic rings. The van der Waals surface area contributed by atoms with Crippen LogP contribution in [0.2, 0.25) is 0 Å². The first-order valence-corrected chi connectivity index (χ1v) is 12.8. The van der Waals surface area contributed by atoms with Gasteiger partial charge in [-0.05, 0) is 39.5 Å². The third-order valence-corrected chi connectivity index (χ3v) is 7.32. The molecular formula is C20H42O7Si. The standard InChI is InChI=1S/C20H42O7Si/c1-8-13-22-28(23-14-9-2,24-15-10-3)18(7)25-19(11-4)27-20(12-5)21-16-17(6)26-20/h17-19H,8-16H2,1-7H3. The molecule has 4 unspecified atom stereocenters. The number of rotatable bonds is 16. The van der Waals surface area contributed by atoms with Gasteiger partial charge in [0.15, 0.2) is 6.29 Å². The van der Waals surface area contributed by atoms with Crippen LogP contribution in [0.1, 0.15) is 80.6 Å². The monoisotopic (exact) mass is 422 g/mol. The summed E-state index contributed by atoms with van der Waals surface area (Å²) in [4.78, 5) is 0. The zero-order valence-electron chi connectivity index (χ0n) is 19.0. The summed E-state index contributed by atoms with van der Waals surface area (Å²) in [6.07, 6.45) is 3.38. The summed E-state index contributed by atoms with van der Waals surface area (Å²) in [6, 6.07) is 0. The Morgan fingerprint density at radius 3 is 1.86 bits per heavy atom. The maximum absolute atomic E-state index is 6.28. The quantitative estimate of drug-likeness (QED) is 0.270. The van der Waals surface area contributed by atoms with Crippen molar-refractivity contribution in [3.63, 3.8) is 0 Å². The molecule has 0 aromatic heterocycles. The Morgan fingerprint density at radius 1 is 0.964 bits per heavy atom. The molecule has 1 aliphatic heterocycles. The van der Waals surface area contributed by atoms with E-state index in [1.165, 1.54) is 0 Å². The van der Waals surface area contributed by atoms with Crippen molar-refractivity contribution >= 4 is 8.80 Å². The first kappa shape index (κ1) is 26.0. The number of ether oxygens (including phenoxy) is 4. The average molecular weight is 423 g/mol. The molecule has 0 N–H and O–H groups in total. The topological polar surface area (TPSA) is 64.6 Å². The largest absolute Gasteiger partial charge is 0.531 e. The fourth-order valence-electron chi connectivity index (χ4n) is 2.88. The molecule has 28 heavy (non-hydrogen) atoms. The van der Waals surface area contributed by atoms with Gasteiger partial charge in [0.25, 0.3) is 5.97 Å². The van der Waals surface area contributed by atoms with Crippen LogP contribution >= 0.6 is 0 Å². The maximum Gasteiger partial charge on any atom is 0.531 e. The minimum atomic E-state index is -3.03. The van der Waals surface area contributed by atoms with E-state index in [0.717, 1.165) is 19.3 Å². The lowest BCUT2D eigenvalue weighted by atomic mass is 10.4. The zero-order chi connectivity index (χ0) is 21.0. The first-order chi connectivity index (χ1) is 13.4. The van der Waals surface area contributed by atoms with E-state index in [4.69, 9.17) is 32.2 Å².